The minimum atomic E-state index is -0.415. The second-order valence-corrected chi connectivity index (χ2v) is 8.21. The van der Waals surface area contributed by atoms with Crippen LogP contribution in [0.3, 0.4) is 0 Å². The summed E-state index contributed by atoms with van der Waals surface area (Å²) in [6, 6.07) is 8.92. The summed E-state index contributed by atoms with van der Waals surface area (Å²) < 4.78 is 4.90. The smallest absolute Gasteiger partial charge is 0.238 e. The van der Waals surface area contributed by atoms with Crippen molar-refractivity contribution in [1.29, 1.82) is 0 Å². The van der Waals surface area contributed by atoms with Crippen molar-refractivity contribution in [3.8, 4) is 0 Å². The Morgan fingerprint density at radius 2 is 1.76 bits per heavy atom. The van der Waals surface area contributed by atoms with Crippen LogP contribution in [0.1, 0.15) is 32.1 Å². The molecule has 8 nitrogen and oxygen atoms in total. The highest BCUT2D eigenvalue weighted by Gasteiger charge is 2.16. The Morgan fingerprint density at radius 3 is 2.34 bits per heavy atom. The van der Waals surface area contributed by atoms with E-state index in [4.69, 9.17) is 4.52 Å². The van der Waals surface area contributed by atoms with Crippen molar-refractivity contribution < 1.29 is 18.9 Å². The van der Waals surface area contributed by atoms with Gasteiger partial charge in [0, 0.05) is 24.2 Å². The number of hydrogen-bond acceptors (Lipinski definition) is 6. The number of benzene rings is 1. The third-order valence-corrected chi connectivity index (χ3v) is 5.09. The van der Waals surface area contributed by atoms with E-state index in [1.54, 1.807) is 32.0 Å². The van der Waals surface area contributed by atoms with Crippen molar-refractivity contribution in [2.45, 2.75) is 39.5 Å². The highest BCUT2D eigenvalue weighted by molar-refractivity contribution is 8.01. The molecule has 3 amide bonds. The maximum absolute atomic E-state index is 12.1. The van der Waals surface area contributed by atoms with Gasteiger partial charge in [-0.2, -0.15) is 0 Å². The van der Waals surface area contributed by atoms with Gasteiger partial charge in [0.1, 0.15) is 5.76 Å². The summed E-state index contributed by atoms with van der Waals surface area (Å²) in [6.07, 6.45) is 0. The number of nitrogens with zero attached hydrogens (tertiary/aromatic N) is 1. The lowest BCUT2D eigenvalue weighted by molar-refractivity contribution is -0.119. The molecule has 0 saturated heterocycles. The summed E-state index contributed by atoms with van der Waals surface area (Å²) >= 11 is 1.24. The fraction of sp³-hybridized carbons (Fsp3) is 0.400. The average molecular weight is 419 g/mol. The second kappa shape index (κ2) is 10.7. The molecule has 2 rings (SSSR count). The topological polar surface area (TPSA) is 113 Å². The number of nitrogens with one attached hydrogen (secondary N) is 3. The fourth-order valence-corrected chi connectivity index (χ4v) is 2.89. The quantitative estimate of drug-likeness (QED) is 0.577. The molecule has 0 spiro atoms. The minimum Gasteiger partial charge on any atom is -0.360 e. The maximum atomic E-state index is 12.1. The van der Waals surface area contributed by atoms with Crippen molar-refractivity contribution >= 4 is 41.0 Å². The normalized spacial score (nSPS) is 11.8. The van der Waals surface area contributed by atoms with Crippen LogP contribution < -0.4 is 16.0 Å². The molecule has 9 heteroatoms. The Hall–Kier alpha value is -2.81. The zero-order valence-corrected chi connectivity index (χ0v) is 17.8. The average Bonchev–Trinajstić information content (AvgIpc) is 3.09. The first-order valence-corrected chi connectivity index (χ1v) is 10.3. The Morgan fingerprint density at radius 1 is 1.07 bits per heavy atom. The maximum Gasteiger partial charge on any atom is 0.238 e. The molecule has 1 aromatic heterocycles. The Bertz CT molecular complexity index is 848. The van der Waals surface area contributed by atoms with E-state index in [-0.39, 0.29) is 29.4 Å². The molecule has 0 aliphatic carbocycles. The molecule has 156 valence electrons. The van der Waals surface area contributed by atoms with Crippen molar-refractivity contribution in [1.82, 2.24) is 10.5 Å². The lowest BCUT2D eigenvalue weighted by Crippen LogP contribution is -2.28. The van der Waals surface area contributed by atoms with Gasteiger partial charge in [-0.15, -0.1) is 11.8 Å². The summed E-state index contributed by atoms with van der Waals surface area (Å²) in [5, 5.41) is 11.6. The number of aryl methyl sites for hydroxylation is 1. The number of carbonyl (C=O) groups is 3. The molecular weight excluding hydrogens is 392 g/mol. The summed E-state index contributed by atoms with van der Waals surface area (Å²) in [6.45, 7) is 7.50. The SMILES string of the molecule is Cc1cc(NC(=O)C(C)SCC(=O)NCc2ccc(NC(=O)C(C)C)cc2)no1. The summed E-state index contributed by atoms with van der Waals surface area (Å²) in [7, 11) is 0. The standard InChI is InChI=1S/C20H26N4O4S/c1-12(2)19(26)22-16-7-5-15(6-8-16)10-21-18(25)11-29-14(4)20(27)23-17-9-13(3)28-24-17/h5-9,12,14H,10-11H2,1-4H3,(H,21,25)(H,22,26)(H,23,24,27). The summed E-state index contributed by atoms with van der Waals surface area (Å²) in [5.74, 6) is 0.595. The lowest BCUT2D eigenvalue weighted by Gasteiger charge is -2.11. The molecule has 0 aliphatic heterocycles. The summed E-state index contributed by atoms with van der Waals surface area (Å²) in [4.78, 5) is 35.8. The van der Waals surface area contributed by atoms with Crippen molar-refractivity contribution in [2.75, 3.05) is 16.4 Å². The van der Waals surface area contributed by atoms with Crippen LogP contribution in [0.4, 0.5) is 11.5 Å². The van der Waals surface area contributed by atoms with E-state index in [0.29, 0.717) is 18.1 Å². The van der Waals surface area contributed by atoms with Crippen LogP contribution in [0.2, 0.25) is 0 Å². The molecule has 29 heavy (non-hydrogen) atoms. The van der Waals surface area contributed by atoms with Gasteiger partial charge in [-0.1, -0.05) is 31.1 Å². The van der Waals surface area contributed by atoms with Gasteiger partial charge in [-0.25, -0.2) is 0 Å². The zero-order chi connectivity index (χ0) is 21.4. The molecule has 3 N–H and O–H groups in total. The molecule has 1 heterocycles. The number of carbonyl (C=O) groups excluding carboxylic acids is 3. The number of rotatable bonds is 9. The van der Waals surface area contributed by atoms with Gasteiger partial charge in [0.25, 0.3) is 0 Å². The Kier molecular flexibility index (Phi) is 8.26. The van der Waals surface area contributed by atoms with Crippen molar-refractivity contribution in [2.24, 2.45) is 5.92 Å². The largest absolute Gasteiger partial charge is 0.360 e. The number of amides is 3. The van der Waals surface area contributed by atoms with E-state index in [2.05, 4.69) is 21.1 Å². The summed E-state index contributed by atoms with van der Waals surface area (Å²) in [5.41, 5.74) is 1.63. The van der Waals surface area contributed by atoms with Crippen molar-refractivity contribution in [3.63, 3.8) is 0 Å². The number of hydrogen-bond donors (Lipinski definition) is 3. The first kappa shape index (κ1) is 22.5. The van der Waals surface area contributed by atoms with Gasteiger partial charge in [-0.3, -0.25) is 14.4 Å². The van der Waals surface area contributed by atoms with Crippen molar-refractivity contribution in [3.05, 3.63) is 41.7 Å². The van der Waals surface area contributed by atoms with E-state index in [0.717, 1.165) is 11.3 Å². The second-order valence-electron chi connectivity index (χ2n) is 6.88. The predicted octanol–water partition coefficient (Wildman–Crippen LogP) is 2.95. The Balaban J connectivity index is 1.71. The van der Waals surface area contributed by atoms with Crippen LogP contribution >= 0.6 is 11.8 Å². The third kappa shape index (κ3) is 7.61. The van der Waals surface area contributed by atoms with Crippen LogP contribution in [0.25, 0.3) is 0 Å². The first-order chi connectivity index (χ1) is 13.7. The molecule has 1 unspecified atom stereocenters. The molecular formula is C20H26N4O4S. The monoisotopic (exact) mass is 418 g/mol. The van der Waals surface area contributed by atoms with Crippen LogP contribution in [0.15, 0.2) is 34.9 Å². The number of thioether (sulfide) groups is 1. The molecule has 0 aliphatic rings. The highest BCUT2D eigenvalue weighted by Crippen LogP contribution is 2.15. The Labute approximate surface area is 174 Å². The van der Waals surface area contributed by atoms with Gasteiger partial charge in [0.05, 0.1) is 11.0 Å². The van der Waals surface area contributed by atoms with Gasteiger partial charge < -0.3 is 20.5 Å². The van der Waals surface area contributed by atoms with Crippen LogP contribution in [-0.2, 0) is 20.9 Å². The van der Waals surface area contributed by atoms with Gasteiger partial charge >= 0.3 is 0 Å². The van der Waals surface area contributed by atoms with Crippen LogP contribution in [-0.4, -0.2) is 33.9 Å². The number of anilines is 2. The van der Waals surface area contributed by atoms with Gasteiger partial charge in [0.2, 0.25) is 17.7 Å². The van der Waals surface area contributed by atoms with Crippen LogP contribution in [0, 0.1) is 12.8 Å². The molecule has 2 aromatic rings. The lowest BCUT2D eigenvalue weighted by atomic mass is 10.1. The van der Waals surface area contributed by atoms with Gasteiger partial charge in [0.15, 0.2) is 5.82 Å². The van der Waals surface area contributed by atoms with E-state index in [1.165, 1.54) is 11.8 Å². The van der Waals surface area contributed by atoms with E-state index in [1.807, 2.05) is 26.0 Å². The number of aromatic nitrogens is 1. The predicted molar refractivity (Wildman–Crippen MR) is 114 cm³/mol. The molecule has 0 saturated carbocycles. The van der Waals surface area contributed by atoms with Gasteiger partial charge in [-0.05, 0) is 31.5 Å². The van der Waals surface area contributed by atoms with E-state index in [9.17, 15) is 14.4 Å². The minimum absolute atomic E-state index is 0.0417. The molecule has 0 fully saturated rings. The molecule has 1 atom stereocenters. The highest BCUT2D eigenvalue weighted by atomic mass is 32.2. The first-order valence-electron chi connectivity index (χ1n) is 9.27. The zero-order valence-electron chi connectivity index (χ0n) is 16.9. The fourth-order valence-electron chi connectivity index (χ4n) is 2.17. The third-order valence-electron chi connectivity index (χ3n) is 3.95. The van der Waals surface area contributed by atoms with Crippen LogP contribution in [0.5, 0.6) is 0 Å². The van der Waals surface area contributed by atoms with E-state index < -0.39 is 5.25 Å². The van der Waals surface area contributed by atoms with E-state index >= 15 is 0 Å². The molecule has 1 aromatic carbocycles. The molecule has 0 bridgehead atoms. The molecule has 0 radical (unpaired) electrons.